The van der Waals surface area contributed by atoms with Gasteiger partial charge in [-0.05, 0) is 32.7 Å². The van der Waals surface area contributed by atoms with Crippen LogP contribution in [0.4, 0.5) is 5.82 Å². The van der Waals surface area contributed by atoms with Crippen molar-refractivity contribution in [3.05, 3.63) is 28.1 Å². The van der Waals surface area contributed by atoms with Gasteiger partial charge in [-0.1, -0.05) is 0 Å². The van der Waals surface area contributed by atoms with E-state index in [0.29, 0.717) is 13.1 Å². The van der Waals surface area contributed by atoms with E-state index in [2.05, 4.69) is 37.0 Å². The minimum atomic E-state index is -0.383. The number of aromatic nitrogens is 2. The van der Waals surface area contributed by atoms with Crippen LogP contribution in [0.15, 0.2) is 21.5 Å². The van der Waals surface area contributed by atoms with Crippen LogP contribution in [0, 0.1) is 0 Å². The first-order chi connectivity index (χ1) is 8.77. The summed E-state index contributed by atoms with van der Waals surface area (Å²) in [7, 11) is 0. The summed E-state index contributed by atoms with van der Waals surface area (Å²) < 4.78 is 4.34. The lowest BCUT2D eigenvalue weighted by atomic mass is 10.3. The predicted molar refractivity (Wildman–Crippen MR) is 67.1 cm³/mol. The zero-order valence-electron chi connectivity index (χ0n) is 9.55. The van der Waals surface area contributed by atoms with E-state index in [1.807, 2.05) is 5.38 Å². The molecule has 7 nitrogen and oxygen atoms in total. The van der Waals surface area contributed by atoms with Crippen molar-refractivity contribution < 1.29 is 9.42 Å². The third-order valence-electron chi connectivity index (χ3n) is 2.23. The number of carbonyl (C=O) groups is 1. The van der Waals surface area contributed by atoms with Crippen LogP contribution in [0.3, 0.4) is 0 Å². The molecule has 0 fully saturated rings. The van der Waals surface area contributed by atoms with Crippen LogP contribution < -0.4 is 16.4 Å². The van der Waals surface area contributed by atoms with Gasteiger partial charge in [0.25, 0.3) is 5.91 Å². The minimum absolute atomic E-state index is 0.00117. The lowest BCUT2D eigenvalue weighted by Gasteiger charge is -2.04. The van der Waals surface area contributed by atoms with Gasteiger partial charge in [0, 0.05) is 19.6 Å². The van der Waals surface area contributed by atoms with Crippen molar-refractivity contribution in [1.29, 1.82) is 0 Å². The van der Waals surface area contributed by atoms with E-state index in [4.69, 9.17) is 5.73 Å². The molecule has 0 atom stereocenters. The molecule has 0 saturated carbocycles. The highest BCUT2D eigenvalue weighted by atomic mass is 32.1. The fourth-order valence-corrected chi connectivity index (χ4v) is 2.00. The molecule has 8 heteroatoms. The molecular weight excluding hydrogens is 254 g/mol. The number of carbonyl (C=O) groups excluding carboxylic acids is 1. The average molecular weight is 267 g/mol. The van der Waals surface area contributed by atoms with Crippen molar-refractivity contribution in [3.63, 3.8) is 0 Å². The van der Waals surface area contributed by atoms with Gasteiger partial charge < -0.3 is 16.4 Å². The highest BCUT2D eigenvalue weighted by Gasteiger charge is 2.14. The van der Waals surface area contributed by atoms with Gasteiger partial charge in [-0.25, -0.2) is 4.63 Å². The Bertz CT molecular complexity index is 496. The molecule has 0 aliphatic rings. The number of nitrogen functional groups attached to an aromatic ring is 1. The van der Waals surface area contributed by atoms with E-state index in [0.717, 1.165) is 6.54 Å². The quantitative estimate of drug-likeness (QED) is 0.647. The average Bonchev–Trinajstić information content (AvgIpc) is 2.99. The number of thiophene rings is 1. The van der Waals surface area contributed by atoms with Gasteiger partial charge >= 0.3 is 0 Å². The van der Waals surface area contributed by atoms with Crippen LogP contribution in [0.1, 0.15) is 16.1 Å². The van der Waals surface area contributed by atoms with Gasteiger partial charge in [0.15, 0.2) is 0 Å². The molecule has 0 aliphatic carbocycles. The normalized spacial score (nSPS) is 10.4. The first-order valence-electron chi connectivity index (χ1n) is 5.35. The number of nitrogens with zero attached hydrogens (tertiary/aromatic N) is 2. The summed E-state index contributed by atoms with van der Waals surface area (Å²) in [5, 5.41) is 16.7. The Morgan fingerprint density at radius 1 is 1.44 bits per heavy atom. The molecule has 0 saturated heterocycles. The van der Waals surface area contributed by atoms with Crippen LogP contribution in [-0.2, 0) is 6.54 Å². The summed E-state index contributed by atoms with van der Waals surface area (Å²) in [5.74, 6) is -0.384. The minimum Gasteiger partial charge on any atom is -0.379 e. The van der Waals surface area contributed by atoms with Crippen molar-refractivity contribution in [2.75, 3.05) is 18.8 Å². The number of hydrogen-bond donors (Lipinski definition) is 3. The highest BCUT2D eigenvalue weighted by Crippen LogP contribution is 2.04. The molecule has 0 aliphatic heterocycles. The van der Waals surface area contributed by atoms with Crippen LogP contribution >= 0.6 is 11.3 Å². The summed E-state index contributed by atoms with van der Waals surface area (Å²) in [6.45, 7) is 1.93. The number of anilines is 1. The first kappa shape index (κ1) is 12.5. The van der Waals surface area contributed by atoms with Crippen molar-refractivity contribution in [1.82, 2.24) is 20.9 Å². The summed E-state index contributed by atoms with van der Waals surface area (Å²) in [6.07, 6.45) is 0. The molecule has 0 aromatic carbocycles. The molecule has 2 aromatic heterocycles. The molecule has 96 valence electrons. The van der Waals surface area contributed by atoms with Gasteiger partial charge in [0.2, 0.25) is 11.5 Å². The third kappa shape index (κ3) is 3.28. The second kappa shape index (κ2) is 6.12. The van der Waals surface area contributed by atoms with E-state index in [1.54, 1.807) is 11.3 Å². The Hall–Kier alpha value is -1.93. The lowest BCUT2D eigenvalue weighted by molar-refractivity contribution is 0.0944. The standard InChI is InChI=1S/C10H13N5O2S/c11-9-8(14-17-15-9)10(16)13-3-2-12-5-7-1-4-18-6-7/h1,4,6,12H,2-3,5H2,(H2,11,15)(H,13,16). The van der Waals surface area contributed by atoms with Crippen molar-refractivity contribution >= 4 is 23.1 Å². The summed E-state index contributed by atoms with van der Waals surface area (Å²) in [6, 6.07) is 2.05. The Morgan fingerprint density at radius 3 is 3.00 bits per heavy atom. The van der Waals surface area contributed by atoms with E-state index in [9.17, 15) is 4.79 Å². The molecule has 2 aromatic rings. The van der Waals surface area contributed by atoms with Crippen LogP contribution in [0.5, 0.6) is 0 Å². The molecule has 4 N–H and O–H groups in total. The third-order valence-corrected chi connectivity index (χ3v) is 2.96. The fraction of sp³-hybridized carbons (Fsp3) is 0.300. The zero-order valence-corrected chi connectivity index (χ0v) is 10.4. The van der Waals surface area contributed by atoms with Gasteiger partial charge in [-0.2, -0.15) is 11.3 Å². The highest BCUT2D eigenvalue weighted by molar-refractivity contribution is 7.07. The van der Waals surface area contributed by atoms with E-state index < -0.39 is 0 Å². The summed E-state index contributed by atoms with van der Waals surface area (Å²) >= 11 is 1.66. The molecule has 18 heavy (non-hydrogen) atoms. The van der Waals surface area contributed by atoms with Gasteiger partial charge in [-0.3, -0.25) is 4.79 Å². The Balaban J connectivity index is 1.64. The maximum atomic E-state index is 11.5. The topological polar surface area (TPSA) is 106 Å². The molecule has 0 radical (unpaired) electrons. The van der Waals surface area contributed by atoms with Gasteiger partial charge in [0.1, 0.15) is 0 Å². The van der Waals surface area contributed by atoms with E-state index >= 15 is 0 Å². The molecule has 1 amide bonds. The molecule has 2 heterocycles. The molecule has 0 unspecified atom stereocenters. The monoisotopic (exact) mass is 267 g/mol. The van der Waals surface area contributed by atoms with Crippen molar-refractivity contribution in [2.45, 2.75) is 6.54 Å². The predicted octanol–water partition coefficient (Wildman–Crippen LogP) is 0.233. The number of hydrogen-bond acceptors (Lipinski definition) is 7. The van der Waals surface area contributed by atoms with Crippen LogP contribution in [-0.4, -0.2) is 29.3 Å². The van der Waals surface area contributed by atoms with Crippen LogP contribution in [0.25, 0.3) is 0 Å². The maximum absolute atomic E-state index is 11.5. The second-order valence-electron chi connectivity index (χ2n) is 3.56. The molecule has 0 bridgehead atoms. The van der Waals surface area contributed by atoms with Gasteiger partial charge in [0.05, 0.1) is 0 Å². The smallest absolute Gasteiger partial charge is 0.277 e. The SMILES string of the molecule is Nc1nonc1C(=O)NCCNCc1ccsc1. The zero-order chi connectivity index (χ0) is 12.8. The first-order valence-corrected chi connectivity index (χ1v) is 6.29. The number of rotatable bonds is 6. The second-order valence-corrected chi connectivity index (χ2v) is 4.34. The molecule has 2 rings (SSSR count). The largest absolute Gasteiger partial charge is 0.379 e. The summed E-state index contributed by atoms with van der Waals surface area (Å²) in [4.78, 5) is 11.5. The Morgan fingerprint density at radius 2 is 2.33 bits per heavy atom. The number of amides is 1. The fourth-order valence-electron chi connectivity index (χ4n) is 1.33. The number of nitrogens with one attached hydrogen (secondary N) is 2. The van der Waals surface area contributed by atoms with Crippen molar-refractivity contribution in [3.8, 4) is 0 Å². The lowest BCUT2D eigenvalue weighted by Crippen LogP contribution is -2.32. The van der Waals surface area contributed by atoms with Crippen LogP contribution in [0.2, 0.25) is 0 Å². The maximum Gasteiger partial charge on any atom is 0.277 e. The van der Waals surface area contributed by atoms with E-state index in [-0.39, 0.29) is 17.4 Å². The van der Waals surface area contributed by atoms with Gasteiger partial charge in [-0.15, -0.1) is 0 Å². The number of nitrogens with two attached hydrogens (primary N) is 1. The molecular formula is C10H13N5O2S. The van der Waals surface area contributed by atoms with Crippen molar-refractivity contribution in [2.24, 2.45) is 0 Å². The Kier molecular flexibility index (Phi) is 4.26. The summed E-state index contributed by atoms with van der Waals surface area (Å²) in [5.41, 5.74) is 6.65. The Labute approximate surface area is 107 Å². The van der Waals surface area contributed by atoms with E-state index in [1.165, 1.54) is 5.56 Å². The molecule has 0 spiro atoms.